The van der Waals surface area contributed by atoms with Gasteiger partial charge in [0.05, 0.1) is 18.8 Å². The van der Waals surface area contributed by atoms with Crippen molar-refractivity contribution in [2.75, 3.05) is 6.61 Å². The Hall–Kier alpha value is -1.47. The third kappa shape index (κ3) is 24.8. The summed E-state index contributed by atoms with van der Waals surface area (Å²) in [6.45, 7) is 3.94. The van der Waals surface area contributed by atoms with Gasteiger partial charge in [-0.3, -0.25) is 4.79 Å². The van der Waals surface area contributed by atoms with Gasteiger partial charge in [-0.2, -0.15) is 0 Å². The molecular weight excluding hydrogens is 514 g/mol. The quantitative estimate of drug-likeness (QED) is 0.0467. The zero-order valence-corrected chi connectivity index (χ0v) is 26.5. The number of unbranched alkanes of at least 4 members (excludes halogenated alkanes) is 14. The van der Waals surface area contributed by atoms with Crippen LogP contribution in [0.15, 0.2) is 36.5 Å². The number of carbonyl (C=O) groups is 1. The standard InChI is InChI=1S/C35H65NO5/c1-3-5-7-9-11-13-14-15-16-17-18-19-20-21-23-24-26-28-32(38)34(40)31(30-37)36-35(41)33(39)29-27-25-22-12-10-8-6-4-2/h13-14,17-18,21,23,31-34,37-40H,3-12,15-16,19-20,22,24-30H2,1-2H3,(H,36,41)/b14-13+,18-17+,23-21+. The van der Waals surface area contributed by atoms with Crippen molar-refractivity contribution in [3.8, 4) is 0 Å². The summed E-state index contributed by atoms with van der Waals surface area (Å²) in [5.41, 5.74) is 0. The van der Waals surface area contributed by atoms with Crippen molar-refractivity contribution in [3.63, 3.8) is 0 Å². The van der Waals surface area contributed by atoms with E-state index in [0.717, 1.165) is 51.4 Å². The molecule has 4 unspecified atom stereocenters. The molecule has 0 aromatic rings. The largest absolute Gasteiger partial charge is 0.394 e. The van der Waals surface area contributed by atoms with Crippen LogP contribution in [-0.2, 0) is 4.79 Å². The molecule has 6 nitrogen and oxygen atoms in total. The lowest BCUT2D eigenvalue weighted by molar-refractivity contribution is -0.132. The third-order valence-corrected chi connectivity index (χ3v) is 7.56. The summed E-state index contributed by atoms with van der Waals surface area (Å²) in [5.74, 6) is -0.607. The molecule has 41 heavy (non-hydrogen) atoms. The van der Waals surface area contributed by atoms with E-state index >= 15 is 0 Å². The number of aliphatic hydroxyl groups is 4. The van der Waals surface area contributed by atoms with Gasteiger partial charge in [0.2, 0.25) is 5.91 Å². The minimum atomic E-state index is -1.29. The monoisotopic (exact) mass is 579 g/mol. The van der Waals surface area contributed by atoms with Crippen LogP contribution in [0.1, 0.15) is 149 Å². The van der Waals surface area contributed by atoms with Gasteiger partial charge in [-0.25, -0.2) is 0 Å². The predicted octanol–water partition coefficient (Wildman–Crippen LogP) is 7.45. The number of nitrogens with one attached hydrogen (secondary N) is 1. The minimum absolute atomic E-state index is 0.357. The predicted molar refractivity (Wildman–Crippen MR) is 173 cm³/mol. The topological polar surface area (TPSA) is 110 Å². The van der Waals surface area contributed by atoms with Crippen molar-refractivity contribution in [2.24, 2.45) is 0 Å². The Morgan fingerprint density at radius 2 is 1.02 bits per heavy atom. The van der Waals surface area contributed by atoms with E-state index in [4.69, 9.17) is 0 Å². The van der Waals surface area contributed by atoms with E-state index in [9.17, 15) is 25.2 Å². The molecule has 0 saturated heterocycles. The molecule has 0 aliphatic carbocycles. The van der Waals surface area contributed by atoms with Gasteiger partial charge < -0.3 is 25.7 Å². The molecule has 0 heterocycles. The van der Waals surface area contributed by atoms with Crippen LogP contribution in [0.25, 0.3) is 0 Å². The van der Waals surface area contributed by atoms with Crippen molar-refractivity contribution in [2.45, 2.75) is 173 Å². The summed E-state index contributed by atoms with van der Waals surface area (Å²) in [6.07, 6.45) is 31.7. The van der Waals surface area contributed by atoms with Gasteiger partial charge in [-0.15, -0.1) is 0 Å². The fraction of sp³-hybridized carbons (Fsp3) is 0.800. The molecule has 0 aromatic heterocycles. The number of hydrogen-bond donors (Lipinski definition) is 5. The first-order valence-electron chi connectivity index (χ1n) is 16.9. The van der Waals surface area contributed by atoms with Crippen LogP contribution in [0.3, 0.4) is 0 Å². The van der Waals surface area contributed by atoms with Gasteiger partial charge in [-0.05, 0) is 64.2 Å². The fourth-order valence-electron chi connectivity index (χ4n) is 4.79. The molecule has 0 aromatic carbocycles. The zero-order chi connectivity index (χ0) is 30.4. The maximum absolute atomic E-state index is 12.3. The summed E-state index contributed by atoms with van der Waals surface area (Å²) < 4.78 is 0. The highest BCUT2D eigenvalue weighted by Gasteiger charge is 2.28. The van der Waals surface area contributed by atoms with Crippen LogP contribution in [0.4, 0.5) is 0 Å². The molecule has 0 saturated carbocycles. The lowest BCUT2D eigenvalue weighted by atomic mass is 10.00. The normalized spacial score (nSPS) is 15.2. The van der Waals surface area contributed by atoms with Crippen molar-refractivity contribution in [1.29, 1.82) is 0 Å². The Balaban J connectivity index is 3.95. The van der Waals surface area contributed by atoms with Crippen LogP contribution in [0, 0.1) is 0 Å². The Morgan fingerprint density at radius 3 is 1.54 bits per heavy atom. The molecular formula is C35H65NO5. The molecule has 0 rings (SSSR count). The van der Waals surface area contributed by atoms with Crippen LogP contribution in [0.2, 0.25) is 0 Å². The Bertz CT molecular complexity index is 663. The Kier molecular flexibility index (Phi) is 28.9. The second kappa shape index (κ2) is 30.0. The van der Waals surface area contributed by atoms with Crippen LogP contribution in [-0.4, -0.2) is 57.3 Å². The molecule has 0 aliphatic rings. The second-order valence-corrected chi connectivity index (χ2v) is 11.5. The van der Waals surface area contributed by atoms with E-state index < -0.39 is 36.9 Å². The number of hydrogen-bond acceptors (Lipinski definition) is 5. The summed E-state index contributed by atoms with van der Waals surface area (Å²) >= 11 is 0. The average Bonchev–Trinajstić information content (AvgIpc) is 2.98. The SMILES string of the molecule is CCCCCC/C=C/CC/C=C/CC/C=C/CCCC(O)C(O)C(CO)NC(=O)C(O)CCCCCCCCCC. The molecule has 4 atom stereocenters. The van der Waals surface area contributed by atoms with Gasteiger partial charge in [0.15, 0.2) is 0 Å². The maximum atomic E-state index is 12.3. The molecule has 0 radical (unpaired) electrons. The average molecular weight is 580 g/mol. The smallest absolute Gasteiger partial charge is 0.249 e. The molecule has 6 heteroatoms. The van der Waals surface area contributed by atoms with Gasteiger partial charge in [0, 0.05) is 0 Å². The molecule has 1 amide bonds. The van der Waals surface area contributed by atoms with Crippen molar-refractivity contribution < 1.29 is 25.2 Å². The van der Waals surface area contributed by atoms with Gasteiger partial charge in [0.25, 0.3) is 0 Å². The van der Waals surface area contributed by atoms with Crippen molar-refractivity contribution >= 4 is 5.91 Å². The summed E-state index contributed by atoms with van der Waals surface area (Å²) in [5, 5.41) is 43.1. The van der Waals surface area contributed by atoms with E-state index in [2.05, 4.69) is 55.6 Å². The number of amides is 1. The highest BCUT2D eigenvalue weighted by Crippen LogP contribution is 2.13. The van der Waals surface area contributed by atoms with Crippen molar-refractivity contribution in [3.05, 3.63) is 36.5 Å². The lowest BCUT2D eigenvalue weighted by Crippen LogP contribution is -2.53. The van der Waals surface area contributed by atoms with Gasteiger partial charge >= 0.3 is 0 Å². The maximum Gasteiger partial charge on any atom is 0.249 e. The summed E-state index contributed by atoms with van der Waals surface area (Å²) in [4.78, 5) is 12.3. The van der Waals surface area contributed by atoms with E-state index in [1.807, 2.05) is 0 Å². The van der Waals surface area contributed by atoms with E-state index in [-0.39, 0.29) is 0 Å². The minimum Gasteiger partial charge on any atom is -0.394 e. The molecule has 0 fully saturated rings. The molecule has 0 aliphatic heterocycles. The molecule has 0 spiro atoms. The fourth-order valence-corrected chi connectivity index (χ4v) is 4.79. The lowest BCUT2D eigenvalue weighted by Gasteiger charge is -2.27. The second-order valence-electron chi connectivity index (χ2n) is 11.5. The van der Waals surface area contributed by atoms with Crippen LogP contribution >= 0.6 is 0 Å². The van der Waals surface area contributed by atoms with E-state index in [0.29, 0.717) is 19.3 Å². The first kappa shape index (κ1) is 39.5. The number of carbonyl (C=O) groups excluding carboxylic acids is 1. The van der Waals surface area contributed by atoms with E-state index in [1.165, 1.54) is 64.2 Å². The van der Waals surface area contributed by atoms with Crippen LogP contribution < -0.4 is 5.32 Å². The number of rotatable bonds is 29. The first-order valence-corrected chi connectivity index (χ1v) is 16.9. The van der Waals surface area contributed by atoms with Crippen LogP contribution in [0.5, 0.6) is 0 Å². The third-order valence-electron chi connectivity index (χ3n) is 7.56. The zero-order valence-electron chi connectivity index (χ0n) is 26.5. The molecule has 0 bridgehead atoms. The van der Waals surface area contributed by atoms with Gasteiger partial charge in [0.1, 0.15) is 12.2 Å². The highest BCUT2D eigenvalue weighted by atomic mass is 16.3. The first-order chi connectivity index (χ1) is 20.0. The molecule has 5 N–H and O–H groups in total. The number of allylic oxidation sites excluding steroid dienone is 6. The highest BCUT2D eigenvalue weighted by molar-refractivity contribution is 5.80. The van der Waals surface area contributed by atoms with Gasteiger partial charge in [-0.1, -0.05) is 121 Å². The van der Waals surface area contributed by atoms with E-state index in [1.54, 1.807) is 0 Å². The van der Waals surface area contributed by atoms with Crippen molar-refractivity contribution in [1.82, 2.24) is 5.32 Å². The summed E-state index contributed by atoms with van der Waals surface area (Å²) in [7, 11) is 0. The summed E-state index contributed by atoms with van der Waals surface area (Å²) in [6, 6.07) is -1.01. The Labute approximate surface area is 252 Å². The molecule has 240 valence electrons. The Morgan fingerprint density at radius 1 is 0.585 bits per heavy atom. The number of aliphatic hydroxyl groups excluding tert-OH is 4.